The topological polar surface area (TPSA) is 88.1 Å². The summed E-state index contributed by atoms with van der Waals surface area (Å²) >= 11 is 0. The van der Waals surface area contributed by atoms with Crippen LogP contribution in [-0.4, -0.2) is 31.0 Å². The van der Waals surface area contributed by atoms with Gasteiger partial charge in [0.1, 0.15) is 5.75 Å². The van der Waals surface area contributed by atoms with Crippen molar-refractivity contribution in [3.8, 4) is 5.75 Å². The number of anilines is 1. The molecular weight excluding hydrogens is 502 g/mol. The SMILES string of the molecule is COc1ccccc1C(=O)N/N=C\C12c3ccccc3C(c3ccccc31)[C@H]1C(=O)N(c3ccccc3)C(=O)[C@H]12. The summed E-state index contributed by atoms with van der Waals surface area (Å²) in [6.45, 7) is 0. The fourth-order valence-corrected chi connectivity index (χ4v) is 6.97. The highest BCUT2D eigenvalue weighted by atomic mass is 16.5. The van der Waals surface area contributed by atoms with Crippen molar-refractivity contribution in [3.05, 3.63) is 131 Å². The van der Waals surface area contributed by atoms with Crippen LogP contribution in [0.5, 0.6) is 5.75 Å². The lowest BCUT2D eigenvalue weighted by Gasteiger charge is -2.52. The number of hydrazone groups is 1. The maximum Gasteiger partial charge on any atom is 0.275 e. The van der Waals surface area contributed by atoms with Crippen molar-refractivity contribution in [2.75, 3.05) is 12.0 Å². The molecule has 4 aromatic rings. The van der Waals surface area contributed by atoms with Gasteiger partial charge in [0.25, 0.3) is 5.91 Å². The quantitative estimate of drug-likeness (QED) is 0.232. The summed E-state index contributed by atoms with van der Waals surface area (Å²) in [6, 6.07) is 31.8. The number of hydrogen-bond acceptors (Lipinski definition) is 5. The fourth-order valence-electron chi connectivity index (χ4n) is 6.97. The molecule has 40 heavy (non-hydrogen) atoms. The molecule has 3 aliphatic carbocycles. The van der Waals surface area contributed by atoms with E-state index in [0.717, 1.165) is 22.3 Å². The maximum atomic E-state index is 14.3. The predicted octanol–water partition coefficient (Wildman–Crippen LogP) is 4.66. The zero-order valence-electron chi connectivity index (χ0n) is 21.7. The number of ether oxygens (including phenoxy) is 1. The molecule has 7 heteroatoms. The summed E-state index contributed by atoms with van der Waals surface area (Å²) < 4.78 is 5.34. The molecule has 0 radical (unpaired) electrons. The third-order valence-electron chi connectivity index (χ3n) is 8.48. The van der Waals surface area contributed by atoms with Gasteiger partial charge < -0.3 is 4.74 Å². The van der Waals surface area contributed by atoms with Crippen molar-refractivity contribution < 1.29 is 19.1 Å². The highest BCUT2D eigenvalue weighted by Gasteiger charge is 2.68. The average molecular weight is 528 g/mol. The third kappa shape index (κ3) is 3.18. The molecule has 1 aliphatic heterocycles. The average Bonchev–Trinajstić information content (AvgIpc) is 3.28. The molecule has 1 fully saturated rings. The van der Waals surface area contributed by atoms with E-state index >= 15 is 0 Å². The van der Waals surface area contributed by atoms with Crippen molar-refractivity contribution in [2.24, 2.45) is 16.9 Å². The van der Waals surface area contributed by atoms with Crippen LogP contribution < -0.4 is 15.1 Å². The van der Waals surface area contributed by atoms with Gasteiger partial charge in [-0.3, -0.25) is 14.4 Å². The van der Waals surface area contributed by atoms with E-state index < -0.39 is 23.2 Å². The summed E-state index contributed by atoms with van der Waals surface area (Å²) in [5.74, 6) is -2.08. The number of carbonyl (C=O) groups is 3. The van der Waals surface area contributed by atoms with E-state index in [1.807, 2.05) is 66.7 Å². The van der Waals surface area contributed by atoms with Gasteiger partial charge >= 0.3 is 0 Å². The van der Waals surface area contributed by atoms with Gasteiger partial charge in [-0.15, -0.1) is 0 Å². The molecule has 1 heterocycles. The van der Waals surface area contributed by atoms with Crippen LogP contribution in [0.1, 0.15) is 38.5 Å². The van der Waals surface area contributed by atoms with Gasteiger partial charge in [0.15, 0.2) is 0 Å². The number of para-hydroxylation sites is 2. The standard InChI is InChI=1S/C33H25N3O4/c1-40-26-18-10-7-15-23(26)30(37)35-34-19-33-24-16-8-5-13-21(24)27(22-14-6-9-17-25(22)33)28-29(33)32(39)36(31(28)38)20-11-3-2-4-12-20/h2-19,27-29H,1H3,(H,35,37)/b34-19-/t27?,28-,29+,33?/m1/s1. The monoisotopic (exact) mass is 527 g/mol. The summed E-state index contributed by atoms with van der Waals surface area (Å²) in [5.41, 5.74) is 6.33. The van der Waals surface area contributed by atoms with Gasteiger partial charge in [-0.25, -0.2) is 10.3 Å². The number of nitrogens with zero attached hydrogens (tertiary/aromatic N) is 2. The number of benzene rings is 4. The number of carbonyl (C=O) groups excluding carboxylic acids is 3. The molecule has 3 amide bonds. The van der Waals surface area contributed by atoms with Crippen molar-refractivity contribution in [3.63, 3.8) is 0 Å². The Labute approximate surface area is 231 Å². The van der Waals surface area contributed by atoms with Gasteiger partial charge in [0.05, 0.1) is 35.6 Å². The molecule has 4 aromatic carbocycles. The Kier molecular flexibility index (Phi) is 5.42. The predicted molar refractivity (Wildman–Crippen MR) is 150 cm³/mol. The number of amides is 3. The first-order valence-electron chi connectivity index (χ1n) is 13.2. The summed E-state index contributed by atoms with van der Waals surface area (Å²) in [4.78, 5) is 42.9. The van der Waals surface area contributed by atoms with Crippen molar-refractivity contribution in [1.82, 2.24) is 5.43 Å². The maximum absolute atomic E-state index is 14.3. The van der Waals surface area contributed by atoms with E-state index in [9.17, 15) is 14.4 Å². The first-order valence-corrected chi connectivity index (χ1v) is 13.2. The minimum Gasteiger partial charge on any atom is -0.496 e. The zero-order chi connectivity index (χ0) is 27.4. The minimum atomic E-state index is -1.06. The Morgan fingerprint density at radius 2 is 1.43 bits per heavy atom. The van der Waals surface area contributed by atoms with Crippen LogP contribution in [0.15, 0.2) is 108 Å². The van der Waals surface area contributed by atoms with E-state index in [1.54, 1.807) is 42.6 Å². The Morgan fingerprint density at radius 3 is 2.10 bits per heavy atom. The Hall–Kier alpha value is -5.04. The summed E-state index contributed by atoms with van der Waals surface area (Å²) in [6.07, 6.45) is 1.66. The van der Waals surface area contributed by atoms with Gasteiger partial charge in [-0.1, -0.05) is 78.9 Å². The molecule has 0 unspecified atom stereocenters. The van der Waals surface area contributed by atoms with Crippen LogP contribution in [0.3, 0.4) is 0 Å². The van der Waals surface area contributed by atoms with Crippen molar-refractivity contribution in [2.45, 2.75) is 11.3 Å². The molecular formula is C33H25N3O4. The molecule has 0 aromatic heterocycles. The second-order valence-corrected chi connectivity index (χ2v) is 10.3. The Morgan fingerprint density at radius 1 is 0.825 bits per heavy atom. The highest BCUT2D eigenvalue weighted by Crippen LogP contribution is 2.63. The van der Waals surface area contributed by atoms with Gasteiger partial charge in [0.2, 0.25) is 11.8 Å². The molecule has 0 saturated carbocycles. The molecule has 1 N–H and O–H groups in total. The van der Waals surface area contributed by atoms with Gasteiger partial charge in [0, 0.05) is 12.1 Å². The van der Waals surface area contributed by atoms with E-state index in [1.165, 1.54) is 12.0 Å². The molecule has 1 saturated heterocycles. The molecule has 7 nitrogen and oxygen atoms in total. The third-order valence-corrected chi connectivity index (χ3v) is 8.48. The Bertz CT molecular complexity index is 1670. The van der Waals surface area contributed by atoms with Crippen LogP contribution >= 0.6 is 0 Å². The lowest BCUT2D eigenvalue weighted by atomic mass is 9.47. The molecule has 196 valence electrons. The van der Waals surface area contributed by atoms with E-state index in [-0.39, 0.29) is 17.7 Å². The van der Waals surface area contributed by atoms with Crippen molar-refractivity contribution in [1.29, 1.82) is 0 Å². The Balaban J connectivity index is 1.40. The number of imide groups is 1. The first-order chi connectivity index (χ1) is 19.6. The van der Waals surface area contributed by atoms with E-state index in [0.29, 0.717) is 17.0 Å². The highest BCUT2D eigenvalue weighted by molar-refractivity contribution is 6.25. The molecule has 0 spiro atoms. The van der Waals surface area contributed by atoms with E-state index in [4.69, 9.17) is 4.74 Å². The zero-order valence-corrected chi connectivity index (χ0v) is 21.7. The lowest BCUT2D eigenvalue weighted by Crippen LogP contribution is -2.54. The van der Waals surface area contributed by atoms with Crippen LogP contribution in [-0.2, 0) is 15.0 Å². The second kappa shape index (κ2) is 9.02. The molecule has 4 aliphatic rings. The van der Waals surface area contributed by atoms with Crippen LogP contribution in [0.2, 0.25) is 0 Å². The van der Waals surface area contributed by atoms with Crippen LogP contribution in [0.25, 0.3) is 0 Å². The van der Waals surface area contributed by atoms with E-state index in [2.05, 4.69) is 10.5 Å². The number of methoxy groups -OCH3 is 1. The van der Waals surface area contributed by atoms with Crippen LogP contribution in [0, 0.1) is 11.8 Å². The minimum absolute atomic E-state index is 0.217. The summed E-state index contributed by atoms with van der Waals surface area (Å²) in [5, 5.41) is 4.47. The van der Waals surface area contributed by atoms with Crippen molar-refractivity contribution >= 4 is 29.6 Å². The first kappa shape index (κ1) is 24.0. The molecule has 8 rings (SSSR count). The van der Waals surface area contributed by atoms with Gasteiger partial charge in [-0.05, 0) is 46.5 Å². The number of nitrogens with one attached hydrogen (secondary N) is 1. The fraction of sp³-hybridized carbons (Fsp3) is 0.152. The number of rotatable bonds is 5. The normalized spacial score (nSPS) is 24.0. The largest absolute Gasteiger partial charge is 0.496 e. The summed E-state index contributed by atoms with van der Waals surface area (Å²) in [7, 11) is 1.50. The van der Waals surface area contributed by atoms with Gasteiger partial charge in [-0.2, -0.15) is 5.10 Å². The molecule has 2 atom stereocenters. The van der Waals surface area contributed by atoms with Crippen LogP contribution in [0.4, 0.5) is 5.69 Å². The molecule has 2 bridgehead atoms. The number of hydrogen-bond donors (Lipinski definition) is 1. The second-order valence-electron chi connectivity index (χ2n) is 10.3. The smallest absolute Gasteiger partial charge is 0.275 e. The lowest BCUT2D eigenvalue weighted by molar-refractivity contribution is -0.122.